The van der Waals surface area contributed by atoms with Crippen LogP contribution in [0, 0.1) is 0 Å². The summed E-state index contributed by atoms with van der Waals surface area (Å²) >= 11 is 17.7. The summed E-state index contributed by atoms with van der Waals surface area (Å²) in [6.07, 6.45) is 3.61. The van der Waals surface area contributed by atoms with Gasteiger partial charge in [0.05, 0.1) is 21.2 Å². The lowest BCUT2D eigenvalue weighted by Crippen LogP contribution is -2.04. The Morgan fingerprint density at radius 1 is 0.615 bits per heavy atom. The number of hydrogen-bond acceptors (Lipinski definition) is 12. The highest BCUT2D eigenvalue weighted by Gasteiger charge is 2.10. The normalized spacial score (nSPS) is 9.83. The highest BCUT2D eigenvalue weighted by Crippen LogP contribution is 2.30. The van der Waals surface area contributed by atoms with Crippen LogP contribution in [0.5, 0.6) is 11.5 Å². The minimum atomic E-state index is 0. The lowest BCUT2D eigenvalue weighted by atomic mass is 10.2. The Hall–Kier alpha value is -5.66. The summed E-state index contributed by atoms with van der Waals surface area (Å²) in [5.74, 6) is 1.75. The Morgan fingerprint density at radius 2 is 1.12 bits per heavy atom. The summed E-state index contributed by atoms with van der Waals surface area (Å²) in [5.41, 5.74) is 20.3. The lowest BCUT2D eigenvalue weighted by Gasteiger charge is -2.12. The number of carbonyl (C=O) groups is 2. The van der Waals surface area contributed by atoms with Crippen LogP contribution < -0.4 is 32.0 Å². The van der Waals surface area contributed by atoms with E-state index in [9.17, 15) is 9.59 Å². The van der Waals surface area contributed by atoms with Crippen molar-refractivity contribution < 1.29 is 19.1 Å². The number of nitrogen functional groups attached to an aromatic ring is 3. The number of nitrogens with two attached hydrogens (primary N) is 3. The van der Waals surface area contributed by atoms with Gasteiger partial charge in [-0.1, -0.05) is 95.5 Å². The molecular weight excluding hydrogens is 750 g/mol. The van der Waals surface area contributed by atoms with Crippen LogP contribution in [0.15, 0.2) is 110 Å². The third-order valence-corrected chi connectivity index (χ3v) is 7.53. The van der Waals surface area contributed by atoms with Crippen molar-refractivity contribution in [2.24, 2.45) is 0 Å². The molecule has 6 aromatic rings. The Kier molecular flexibility index (Phi) is 16.4. The van der Waals surface area contributed by atoms with Crippen LogP contribution in [0.2, 0.25) is 15.2 Å². The maximum absolute atomic E-state index is 11.1. The fraction of sp³-hybridized carbons (Fsp3) is 0.0556. The van der Waals surface area contributed by atoms with Crippen LogP contribution in [0.3, 0.4) is 0 Å². The number of nitrogens with one attached hydrogen (secondary N) is 1. The number of anilines is 5. The third-order valence-electron chi connectivity index (χ3n) is 6.64. The molecule has 0 saturated carbocycles. The molecule has 0 unspecified atom stereocenters. The van der Waals surface area contributed by atoms with Gasteiger partial charge in [0, 0.05) is 11.4 Å². The maximum Gasteiger partial charge on any atom is 0.157 e. The van der Waals surface area contributed by atoms with Gasteiger partial charge in [-0.15, -0.1) is 12.4 Å². The predicted octanol–water partition coefficient (Wildman–Crippen LogP) is 8.30. The number of carbonyl (C=O) groups excluding carboxylic acids is 2. The highest BCUT2D eigenvalue weighted by molar-refractivity contribution is 6.33. The molecule has 12 nitrogen and oxygen atoms in total. The number of ether oxygens (including phenoxy) is 2. The molecule has 4 aromatic carbocycles. The van der Waals surface area contributed by atoms with Gasteiger partial charge in [0.2, 0.25) is 0 Å². The molecular formula is C36H32Cl4N8O4. The Labute approximate surface area is 320 Å². The quantitative estimate of drug-likeness (QED) is 0.0591. The van der Waals surface area contributed by atoms with Crippen molar-refractivity contribution in [1.82, 2.24) is 19.9 Å². The number of halogens is 4. The van der Waals surface area contributed by atoms with Crippen LogP contribution in [0.25, 0.3) is 0 Å². The molecule has 0 atom stereocenters. The third kappa shape index (κ3) is 12.3. The van der Waals surface area contributed by atoms with E-state index in [1.807, 2.05) is 60.7 Å². The van der Waals surface area contributed by atoms with Crippen LogP contribution in [-0.2, 0) is 13.2 Å². The number of aldehydes is 2. The summed E-state index contributed by atoms with van der Waals surface area (Å²) in [7, 11) is 0. The van der Waals surface area contributed by atoms with Crippen molar-refractivity contribution in [2.45, 2.75) is 13.2 Å². The van der Waals surface area contributed by atoms with Crippen molar-refractivity contribution in [1.29, 1.82) is 0 Å². The molecule has 0 spiro atoms. The number of rotatable bonds is 10. The SMILES string of the molecule is Cl.Nc1ccc(OCc2ccccc2)c(Cl)c1.Nc1ncnc(Cl)c1C=O.Nc1ncnc(Nc2ccc(OCc3ccccc3)c(Cl)c2)c1C=O. The van der Waals surface area contributed by atoms with E-state index in [4.69, 9.17) is 61.5 Å². The maximum atomic E-state index is 11.1. The number of hydrogen-bond donors (Lipinski definition) is 4. The van der Waals surface area contributed by atoms with Gasteiger partial charge >= 0.3 is 0 Å². The zero-order valence-corrected chi connectivity index (χ0v) is 30.2. The van der Waals surface area contributed by atoms with Crippen LogP contribution in [0.4, 0.5) is 28.8 Å². The molecule has 0 fully saturated rings. The van der Waals surface area contributed by atoms with Gasteiger partial charge in [0.15, 0.2) is 12.6 Å². The number of aromatic nitrogens is 4. The topological polar surface area (TPSA) is 194 Å². The summed E-state index contributed by atoms with van der Waals surface area (Å²) in [5, 5.41) is 4.07. The number of benzene rings is 4. The fourth-order valence-corrected chi connectivity index (χ4v) is 4.72. The molecule has 0 bridgehead atoms. The molecule has 6 rings (SSSR count). The lowest BCUT2D eigenvalue weighted by molar-refractivity contribution is 0.111. The molecule has 0 saturated heterocycles. The second kappa shape index (κ2) is 20.9. The van der Waals surface area contributed by atoms with Crippen molar-refractivity contribution in [3.8, 4) is 11.5 Å². The number of nitrogens with zero attached hydrogens (tertiary/aromatic N) is 4. The average Bonchev–Trinajstić information content (AvgIpc) is 3.13. The van der Waals surface area contributed by atoms with Gasteiger partial charge in [0.1, 0.15) is 60.0 Å². The first-order valence-electron chi connectivity index (χ1n) is 14.9. The van der Waals surface area contributed by atoms with Crippen LogP contribution in [0.1, 0.15) is 31.8 Å². The molecule has 0 aliphatic carbocycles. The van der Waals surface area contributed by atoms with Crippen molar-refractivity contribution in [3.05, 3.63) is 147 Å². The van der Waals surface area contributed by atoms with E-state index in [2.05, 4.69) is 25.3 Å². The Bertz CT molecular complexity index is 2040. The molecule has 0 radical (unpaired) electrons. The van der Waals surface area contributed by atoms with Gasteiger partial charge in [-0.2, -0.15) is 0 Å². The summed E-state index contributed by atoms with van der Waals surface area (Å²) in [6, 6.07) is 30.2. The second-order valence-corrected chi connectivity index (χ2v) is 11.4. The summed E-state index contributed by atoms with van der Waals surface area (Å²) in [4.78, 5) is 36.3. The van der Waals surface area contributed by atoms with Gasteiger partial charge in [0.25, 0.3) is 0 Å². The molecule has 0 aliphatic rings. The molecule has 2 aromatic heterocycles. The molecule has 0 amide bonds. The van der Waals surface area contributed by atoms with Crippen molar-refractivity contribution >= 4 is 88.6 Å². The predicted molar refractivity (Wildman–Crippen MR) is 208 cm³/mol. The van der Waals surface area contributed by atoms with E-state index in [-0.39, 0.29) is 40.3 Å². The summed E-state index contributed by atoms with van der Waals surface area (Å²) in [6.45, 7) is 0.926. The van der Waals surface area contributed by atoms with Gasteiger partial charge < -0.3 is 32.0 Å². The van der Waals surface area contributed by atoms with E-state index in [0.29, 0.717) is 64.5 Å². The molecule has 52 heavy (non-hydrogen) atoms. The average molecular weight is 783 g/mol. The van der Waals surface area contributed by atoms with Gasteiger partial charge in [-0.05, 0) is 47.5 Å². The standard InChI is InChI=1S/C18H15ClN4O2.C13H12ClNO.C5H4ClN3O.ClH/c19-15-8-13(23-18-14(9-24)17(20)21-11-22-18)6-7-16(15)25-10-12-4-2-1-3-5-12;14-12-8-11(15)6-7-13(12)16-9-10-4-2-1-3-5-10;6-4-3(1-10)5(7)9-2-8-4;/h1-9,11H,10H2,(H3,20,21,22,23);1-8H,9,15H2;1-2H,(H2,7,8,9);1H. The van der Waals surface area contributed by atoms with E-state index in [1.165, 1.54) is 12.7 Å². The summed E-state index contributed by atoms with van der Waals surface area (Å²) < 4.78 is 11.3. The van der Waals surface area contributed by atoms with Gasteiger partial charge in [-0.3, -0.25) is 9.59 Å². The fourth-order valence-electron chi connectivity index (χ4n) is 4.06. The molecule has 2 heterocycles. The van der Waals surface area contributed by atoms with E-state index in [0.717, 1.165) is 11.1 Å². The first kappa shape index (κ1) is 40.8. The molecule has 268 valence electrons. The minimum Gasteiger partial charge on any atom is -0.487 e. The van der Waals surface area contributed by atoms with Crippen LogP contribution in [-0.4, -0.2) is 32.5 Å². The Balaban J connectivity index is 0.000000231. The van der Waals surface area contributed by atoms with Gasteiger partial charge in [-0.25, -0.2) is 19.9 Å². The first-order valence-corrected chi connectivity index (χ1v) is 16.0. The van der Waals surface area contributed by atoms with E-state index in [1.54, 1.807) is 36.4 Å². The Morgan fingerprint density at radius 3 is 1.60 bits per heavy atom. The molecule has 16 heteroatoms. The molecule has 7 N–H and O–H groups in total. The first-order chi connectivity index (χ1) is 24.7. The van der Waals surface area contributed by atoms with E-state index < -0.39 is 0 Å². The van der Waals surface area contributed by atoms with Crippen molar-refractivity contribution in [3.63, 3.8) is 0 Å². The second-order valence-electron chi connectivity index (χ2n) is 10.2. The monoisotopic (exact) mass is 780 g/mol. The van der Waals surface area contributed by atoms with Crippen LogP contribution >= 0.6 is 47.2 Å². The minimum absolute atomic E-state index is 0. The zero-order chi connectivity index (χ0) is 36.6. The van der Waals surface area contributed by atoms with Crippen molar-refractivity contribution in [2.75, 3.05) is 22.5 Å². The highest BCUT2D eigenvalue weighted by atomic mass is 35.5. The smallest absolute Gasteiger partial charge is 0.157 e. The van der Waals surface area contributed by atoms with E-state index >= 15 is 0 Å². The largest absolute Gasteiger partial charge is 0.487 e. The molecule has 0 aliphatic heterocycles. The zero-order valence-electron chi connectivity index (χ0n) is 27.2.